The molecule has 0 aliphatic rings. The Morgan fingerprint density at radius 2 is 1.10 bits per heavy atom. The summed E-state index contributed by atoms with van der Waals surface area (Å²) in [5.74, 6) is 1.63. The molecular formula is C23H25NO4S. The highest BCUT2D eigenvalue weighted by molar-refractivity contribution is 7.93. The first kappa shape index (κ1) is 20.7. The third-order valence-electron chi connectivity index (χ3n) is 4.70. The van der Waals surface area contributed by atoms with E-state index in [0.29, 0.717) is 28.8 Å². The van der Waals surface area contributed by atoms with Gasteiger partial charge in [0.1, 0.15) is 11.5 Å². The van der Waals surface area contributed by atoms with Crippen LogP contribution in [0.3, 0.4) is 0 Å². The van der Waals surface area contributed by atoms with E-state index in [9.17, 15) is 8.42 Å². The molecule has 29 heavy (non-hydrogen) atoms. The van der Waals surface area contributed by atoms with E-state index in [2.05, 4.69) is 13.8 Å². The molecule has 0 spiro atoms. The molecule has 152 valence electrons. The first-order valence-corrected chi connectivity index (χ1v) is 10.7. The van der Waals surface area contributed by atoms with Crippen molar-refractivity contribution in [1.82, 2.24) is 0 Å². The van der Waals surface area contributed by atoms with Crippen LogP contribution >= 0.6 is 0 Å². The third kappa shape index (κ3) is 4.38. The van der Waals surface area contributed by atoms with Crippen LogP contribution in [0.5, 0.6) is 11.5 Å². The van der Waals surface area contributed by atoms with Crippen molar-refractivity contribution in [1.29, 1.82) is 0 Å². The van der Waals surface area contributed by atoms with Gasteiger partial charge in [-0.1, -0.05) is 26.0 Å². The van der Waals surface area contributed by atoms with E-state index in [1.54, 1.807) is 74.9 Å². The zero-order valence-electron chi connectivity index (χ0n) is 17.0. The number of ether oxygens (including phenoxy) is 2. The van der Waals surface area contributed by atoms with E-state index in [4.69, 9.17) is 9.47 Å². The number of sulfonamides is 1. The minimum absolute atomic E-state index is 0.230. The van der Waals surface area contributed by atoms with Crippen LogP contribution in [0.25, 0.3) is 0 Å². The minimum atomic E-state index is -3.84. The molecule has 0 aliphatic heterocycles. The van der Waals surface area contributed by atoms with E-state index < -0.39 is 10.0 Å². The highest BCUT2D eigenvalue weighted by atomic mass is 32.2. The SMILES string of the molecule is COc1ccc(N(c2ccc(OC)cc2)S(=O)(=O)c2ccc(C(C)C)cc2)cc1. The second-order valence-corrected chi connectivity index (χ2v) is 8.68. The number of anilines is 2. The summed E-state index contributed by atoms with van der Waals surface area (Å²) >= 11 is 0. The summed E-state index contributed by atoms with van der Waals surface area (Å²) < 4.78 is 38.9. The van der Waals surface area contributed by atoms with Crippen molar-refractivity contribution in [3.05, 3.63) is 78.4 Å². The molecule has 0 fully saturated rings. The maximum Gasteiger partial charge on any atom is 0.268 e. The number of methoxy groups -OCH3 is 2. The van der Waals surface area contributed by atoms with Gasteiger partial charge < -0.3 is 9.47 Å². The lowest BCUT2D eigenvalue weighted by atomic mass is 10.0. The number of nitrogens with zero attached hydrogens (tertiary/aromatic N) is 1. The lowest BCUT2D eigenvalue weighted by molar-refractivity contribution is 0.415. The predicted molar refractivity (Wildman–Crippen MR) is 116 cm³/mol. The van der Waals surface area contributed by atoms with Crippen LogP contribution in [-0.2, 0) is 10.0 Å². The van der Waals surface area contributed by atoms with Gasteiger partial charge in [-0.05, 0) is 72.1 Å². The minimum Gasteiger partial charge on any atom is -0.497 e. The molecular weight excluding hydrogens is 386 g/mol. The molecule has 3 aromatic carbocycles. The van der Waals surface area contributed by atoms with Crippen LogP contribution in [0.4, 0.5) is 11.4 Å². The van der Waals surface area contributed by atoms with Crippen molar-refractivity contribution in [2.75, 3.05) is 18.5 Å². The maximum absolute atomic E-state index is 13.6. The van der Waals surface area contributed by atoms with Gasteiger partial charge in [0.2, 0.25) is 0 Å². The fraction of sp³-hybridized carbons (Fsp3) is 0.217. The van der Waals surface area contributed by atoms with E-state index >= 15 is 0 Å². The average molecular weight is 412 g/mol. The van der Waals surface area contributed by atoms with Gasteiger partial charge in [0.05, 0.1) is 30.5 Å². The molecule has 0 heterocycles. The number of hydrogen-bond acceptors (Lipinski definition) is 4. The molecule has 0 saturated heterocycles. The van der Waals surface area contributed by atoms with Crippen LogP contribution in [0.2, 0.25) is 0 Å². The summed E-state index contributed by atoms with van der Waals surface area (Å²) in [4.78, 5) is 0.230. The molecule has 0 aliphatic carbocycles. The first-order chi connectivity index (χ1) is 13.9. The molecule has 3 rings (SSSR count). The molecule has 6 heteroatoms. The lowest BCUT2D eigenvalue weighted by Gasteiger charge is -2.25. The monoisotopic (exact) mass is 411 g/mol. The van der Waals surface area contributed by atoms with Gasteiger partial charge in [-0.15, -0.1) is 0 Å². The zero-order valence-corrected chi connectivity index (χ0v) is 17.8. The third-order valence-corrected chi connectivity index (χ3v) is 6.47. The summed E-state index contributed by atoms with van der Waals surface area (Å²) in [5, 5.41) is 0. The van der Waals surface area contributed by atoms with Crippen LogP contribution in [0, 0.1) is 0 Å². The topological polar surface area (TPSA) is 55.8 Å². The largest absolute Gasteiger partial charge is 0.497 e. The van der Waals surface area contributed by atoms with E-state index in [0.717, 1.165) is 5.56 Å². The fourth-order valence-corrected chi connectivity index (χ4v) is 4.48. The lowest BCUT2D eigenvalue weighted by Crippen LogP contribution is -2.26. The van der Waals surface area contributed by atoms with Gasteiger partial charge in [-0.25, -0.2) is 12.7 Å². The highest BCUT2D eigenvalue weighted by Gasteiger charge is 2.27. The first-order valence-electron chi connectivity index (χ1n) is 9.30. The van der Waals surface area contributed by atoms with Gasteiger partial charge in [0, 0.05) is 0 Å². The summed E-state index contributed by atoms with van der Waals surface area (Å²) in [6.45, 7) is 4.15. The van der Waals surface area contributed by atoms with Crippen LogP contribution < -0.4 is 13.8 Å². The second-order valence-electron chi connectivity index (χ2n) is 6.89. The number of rotatable bonds is 7. The Balaban J connectivity index is 2.11. The van der Waals surface area contributed by atoms with Crippen molar-refractivity contribution in [3.63, 3.8) is 0 Å². The smallest absolute Gasteiger partial charge is 0.268 e. The van der Waals surface area contributed by atoms with Gasteiger partial charge in [0.25, 0.3) is 10.0 Å². The summed E-state index contributed by atoms with van der Waals surface area (Å²) in [7, 11) is -0.692. The van der Waals surface area contributed by atoms with Gasteiger partial charge in [-0.3, -0.25) is 0 Å². The Labute approximate surface area is 172 Å². The normalized spacial score (nSPS) is 11.3. The van der Waals surface area contributed by atoms with E-state index in [1.165, 1.54) is 4.31 Å². The predicted octanol–water partition coefficient (Wildman–Crippen LogP) is 5.35. The highest BCUT2D eigenvalue weighted by Crippen LogP contribution is 2.34. The molecule has 0 bridgehead atoms. The average Bonchev–Trinajstić information content (AvgIpc) is 2.75. The van der Waals surface area contributed by atoms with Gasteiger partial charge in [0.15, 0.2) is 0 Å². The van der Waals surface area contributed by atoms with Crippen molar-refractivity contribution in [3.8, 4) is 11.5 Å². The Bertz CT molecular complexity index is 994. The van der Waals surface area contributed by atoms with Crippen molar-refractivity contribution >= 4 is 21.4 Å². The molecule has 0 radical (unpaired) electrons. The molecule has 5 nitrogen and oxygen atoms in total. The van der Waals surface area contributed by atoms with E-state index in [-0.39, 0.29) is 4.90 Å². The molecule has 3 aromatic rings. The molecule has 0 unspecified atom stereocenters. The second kappa shape index (κ2) is 8.57. The standard InChI is InChI=1S/C23H25NO4S/c1-17(2)18-5-15-23(16-6-18)29(25,26)24(19-7-11-21(27-3)12-8-19)20-9-13-22(28-4)14-10-20/h5-17H,1-4H3. The van der Waals surface area contributed by atoms with Crippen LogP contribution in [0.15, 0.2) is 77.7 Å². The summed E-state index contributed by atoms with van der Waals surface area (Å²) in [5.41, 5.74) is 2.12. The molecule has 0 atom stereocenters. The zero-order chi connectivity index (χ0) is 21.0. The Hall–Kier alpha value is -2.99. The van der Waals surface area contributed by atoms with Crippen molar-refractivity contribution in [2.24, 2.45) is 0 Å². The van der Waals surface area contributed by atoms with Crippen molar-refractivity contribution in [2.45, 2.75) is 24.7 Å². The maximum atomic E-state index is 13.6. The van der Waals surface area contributed by atoms with Crippen LogP contribution in [0.1, 0.15) is 25.3 Å². The Morgan fingerprint density at radius 1 is 0.690 bits per heavy atom. The molecule has 0 N–H and O–H groups in total. The summed E-state index contributed by atoms with van der Waals surface area (Å²) in [6, 6.07) is 20.9. The Kier molecular flexibility index (Phi) is 6.13. The summed E-state index contributed by atoms with van der Waals surface area (Å²) in [6.07, 6.45) is 0. The van der Waals surface area contributed by atoms with E-state index in [1.807, 2.05) is 12.1 Å². The van der Waals surface area contributed by atoms with Gasteiger partial charge in [-0.2, -0.15) is 0 Å². The molecule has 0 aromatic heterocycles. The van der Waals surface area contributed by atoms with Crippen LogP contribution in [-0.4, -0.2) is 22.6 Å². The quantitative estimate of drug-likeness (QED) is 0.526. The fourth-order valence-electron chi connectivity index (χ4n) is 2.99. The number of hydrogen-bond donors (Lipinski definition) is 0. The van der Waals surface area contributed by atoms with Crippen molar-refractivity contribution < 1.29 is 17.9 Å². The number of benzene rings is 3. The van der Waals surface area contributed by atoms with Gasteiger partial charge >= 0.3 is 0 Å². The molecule has 0 amide bonds. The molecule has 0 saturated carbocycles. The Morgan fingerprint density at radius 3 is 1.45 bits per heavy atom.